The molecule has 1 aliphatic heterocycles. The van der Waals surface area contributed by atoms with Gasteiger partial charge in [-0.25, -0.2) is 13.1 Å². The van der Waals surface area contributed by atoms with Gasteiger partial charge in [0.05, 0.1) is 11.5 Å². The van der Waals surface area contributed by atoms with Crippen LogP contribution < -0.4 is 10.5 Å². The van der Waals surface area contributed by atoms with E-state index in [-0.39, 0.29) is 35.4 Å². The van der Waals surface area contributed by atoms with Gasteiger partial charge in [0.15, 0.2) is 0 Å². The zero-order valence-electron chi connectivity index (χ0n) is 15.9. The molecule has 1 aromatic carbocycles. The lowest BCUT2D eigenvalue weighted by molar-refractivity contribution is 0.0532. The van der Waals surface area contributed by atoms with Crippen molar-refractivity contribution in [2.24, 2.45) is 11.1 Å². The van der Waals surface area contributed by atoms with Crippen molar-refractivity contribution >= 4 is 15.9 Å². The third kappa shape index (κ3) is 4.62. The van der Waals surface area contributed by atoms with Gasteiger partial charge in [-0.3, -0.25) is 4.79 Å². The first-order valence-corrected chi connectivity index (χ1v) is 10.2. The maximum absolute atomic E-state index is 13.0. The Morgan fingerprint density at radius 1 is 1.42 bits per heavy atom. The number of amides is 1. The van der Waals surface area contributed by atoms with Gasteiger partial charge in [-0.2, -0.15) is 0 Å². The number of carbonyl (C=O) groups excluding carboxylic acids is 1. The van der Waals surface area contributed by atoms with Gasteiger partial charge in [-0.05, 0) is 36.5 Å². The molecule has 146 valence electrons. The molecule has 1 aliphatic rings. The molecule has 1 fully saturated rings. The van der Waals surface area contributed by atoms with Gasteiger partial charge in [0.1, 0.15) is 0 Å². The van der Waals surface area contributed by atoms with Crippen LogP contribution in [-0.2, 0) is 14.8 Å². The Kier molecular flexibility index (Phi) is 6.44. The first-order valence-electron chi connectivity index (χ1n) is 8.72. The van der Waals surface area contributed by atoms with Crippen LogP contribution in [-0.4, -0.2) is 58.6 Å². The van der Waals surface area contributed by atoms with Crippen molar-refractivity contribution < 1.29 is 17.9 Å². The smallest absolute Gasteiger partial charge is 0.254 e. The van der Waals surface area contributed by atoms with Gasteiger partial charge in [0.2, 0.25) is 10.0 Å². The number of ether oxygens (including phenoxy) is 1. The third-order valence-electron chi connectivity index (χ3n) is 4.95. The molecule has 1 aromatic rings. The molecule has 1 heterocycles. The van der Waals surface area contributed by atoms with Crippen molar-refractivity contribution in [3.8, 4) is 0 Å². The summed E-state index contributed by atoms with van der Waals surface area (Å²) in [6.07, 6.45) is 0.731. The Labute approximate surface area is 155 Å². The van der Waals surface area contributed by atoms with Crippen LogP contribution in [0.3, 0.4) is 0 Å². The number of aryl methyl sites for hydroxylation is 1. The van der Waals surface area contributed by atoms with Crippen LogP contribution in [0, 0.1) is 12.3 Å². The molecule has 0 spiro atoms. The Balaban J connectivity index is 2.25. The molecule has 0 radical (unpaired) electrons. The van der Waals surface area contributed by atoms with Crippen molar-refractivity contribution in [3.63, 3.8) is 0 Å². The van der Waals surface area contributed by atoms with Crippen LogP contribution in [0.1, 0.15) is 36.2 Å². The fourth-order valence-corrected chi connectivity index (χ4v) is 4.12. The highest BCUT2D eigenvalue weighted by molar-refractivity contribution is 7.89. The van der Waals surface area contributed by atoms with Gasteiger partial charge < -0.3 is 15.4 Å². The van der Waals surface area contributed by atoms with Crippen LogP contribution in [0.5, 0.6) is 0 Å². The van der Waals surface area contributed by atoms with Crippen molar-refractivity contribution in [3.05, 3.63) is 29.3 Å². The second-order valence-electron chi connectivity index (χ2n) is 7.48. The number of nitrogens with one attached hydrogen (secondary N) is 1. The predicted molar refractivity (Wildman–Crippen MR) is 101 cm³/mol. The number of benzene rings is 1. The second kappa shape index (κ2) is 8.04. The van der Waals surface area contributed by atoms with Crippen molar-refractivity contribution in [2.45, 2.75) is 38.1 Å². The van der Waals surface area contributed by atoms with Crippen LogP contribution in [0.25, 0.3) is 0 Å². The zero-order valence-corrected chi connectivity index (χ0v) is 16.7. The monoisotopic (exact) mass is 383 g/mol. The number of hydrogen-bond donors (Lipinski definition) is 2. The number of hydrogen-bond acceptors (Lipinski definition) is 5. The Morgan fingerprint density at radius 3 is 2.73 bits per heavy atom. The van der Waals surface area contributed by atoms with Crippen LogP contribution in [0.15, 0.2) is 23.1 Å². The van der Waals surface area contributed by atoms with Gasteiger partial charge in [-0.15, -0.1) is 0 Å². The van der Waals surface area contributed by atoms with Gasteiger partial charge in [0, 0.05) is 38.3 Å². The van der Waals surface area contributed by atoms with E-state index in [1.54, 1.807) is 11.0 Å². The summed E-state index contributed by atoms with van der Waals surface area (Å²) in [5.74, 6) is -0.156. The average Bonchev–Trinajstić information content (AvgIpc) is 2.57. The largest absolute Gasteiger partial charge is 0.383 e. The van der Waals surface area contributed by atoms with Crippen LogP contribution in [0.4, 0.5) is 0 Å². The summed E-state index contributed by atoms with van der Waals surface area (Å²) in [5, 5.41) is 0. The highest BCUT2D eigenvalue weighted by Crippen LogP contribution is 2.29. The summed E-state index contributed by atoms with van der Waals surface area (Å²) in [4.78, 5) is 14.8. The lowest BCUT2D eigenvalue weighted by atomic mass is 9.79. The number of carbonyl (C=O) groups is 1. The molecule has 0 aliphatic carbocycles. The van der Waals surface area contributed by atoms with Crippen LogP contribution in [0.2, 0.25) is 0 Å². The molecule has 0 saturated carbocycles. The van der Waals surface area contributed by atoms with Gasteiger partial charge in [0.25, 0.3) is 5.91 Å². The van der Waals surface area contributed by atoms with Crippen molar-refractivity contribution in [1.82, 2.24) is 9.62 Å². The fraction of sp³-hybridized carbons (Fsp3) is 0.611. The molecule has 2 rings (SSSR count). The van der Waals surface area contributed by atoms with Gasteiger partial charge >= 0.3 is 0 Å². The summed E-state index contributed by atoms with van der Waals surface area (Å²) in [6, 6.07) is 4.68. The number of nitrogens with two attached hydrogens (primary N) is 1. The topological polar surface area (TPSA) is 102 Å². The second-order valence-corrected chi connectivity index (χ2v) is 9.24. The molecule has 7 nitrogen and oxygen atoms in total. The maximum Gasteiger partial charge on any atom is 0.254 e. The molecule has 0 aromatic heterocycles. The standard InChI is InChI=1S/C18H29N3O4S/c1-13-5-6-14(26(23,24)20-8-10-25-4)11-15(13)17(22)21-9-7-16(19)18(2,3)12-21/h5-6,11,16,20H,7-10,12,19H2,1-4H3. The quantitative estimate of drug-likeness (QED) is 0.717. The van der Waals surface area contributed by atoms with Crippen molar-refractivity contribution in [2.75, 3.05) is 33.4 Å². The van der Waals surface area contributed by atoms with E-state index in [0.29, 0.717) is 18.7 Å². The minimum Gasteiger partial charge on any atom is -0.383 e. The van der Waals surface area contributed by atoms with E-state index in [9.17, 15) is 13.2 Å². The maximum atomic E-state index is 13.0. The summed E-state index contributed by atoms with van der Waals surface area (Å²) >= 11 is 0. The molecular formula is C18H29N3O4S. The van der Waals surface area contributed by atoms with E-state index in [0.717, 1.165) is 12.0 Å². The van der Waals surface area contributed by atoms with E-state index in [1.807, 2.05) is 20.8 Å². The van der Waals surface area contributed by atoms with Crippen molar-refractivity contribution in [1.29, 1.82) is 0 Å². The lowest BCUT2D eigenvalue weighted by Gasteiger charge is -2.42. The number of rotatable bonds is 6. The molecule has 1 unspecified atom stereocenters. The van der Waals surface area contributed by atoms with E-state index in [4.69, 9.17) is 10.5 Å². The third-order valence-corrected chi connectivity index (χ3v) is 6.41. The predicted octanol–water partition coefficient (Wildman–Crippen LogP) is 1.12. The molecule has 1 saturated heterocycles. The van der Waals surface area contributed by atoms with Gasteiger partial charge in [-0.1, -0.05) is 19.9 Å². The summed E-state index contributed by atoms with van der Waals surface area (Å²) in [6.45, 7) is 7.48. The number of nitrogens with zero attached hydrogens (tertiary/aromatic N) is 1. The molecule has 3 N–H and O–H groups in total. The minimum atomic E-state index is -3.69. The SMILES string of the molecule is COCCNS(=O)(=O)c1ccc(C)c(C(=O)N2CCC(N)C(C)(C)C2)c1. The molecule has 1 amide bonds. The van der Waals surface area contributed by atoms with E-state index in [2.05, 4.69) is 4.72 Å². The fourth-order valence-electron chi connectivity index (χ4n) is 3.08. The Bertz CT molecular complexity index is 762. The van der Waals surface area contributed by atoms with E-state index >= 15 is 0 Å². The molecule has 8 heteroatoms. The normalized spacial score (nSPS) is 20.2. The number of piperidine rings is 1. The molecule has 0 bridgehead atoms. The highest BCUT2D eigenvalue weighted by Gasteiger charge is 2.36. The summed E-state index contributed by atoms with van der Waals surface area (Å²) in [5.41, 5.74) is 7.13. The number of methoxy groups -OCH3 is 1. The Morgan fingerprint density at radius 2 is 2.12 bits per heavy atom. The van der Waals surface area contributed by atoms with E-state index in [1.165, 1.54) is 19.2 Å². The molecule has 1 atom stereocenters. The lowest BCUT2D eigenvalue weighted by Crippen LogP contribution is -2.54. The first kappa shape index (κ1) is 20.8. The summed E-state index contributed by atoms with van der Waals surface area (Å²) < 4.78 is 32.1. The highest BCUT2D eigenvalue weighted by atomic mass is 32.2. The zero-order chi connectivity index (χ0) is 19.5. The number of likely N-dealkylation sites (tertiary alicyclic amines) is 1. The van der Waals surface area contributed by atoms with E-state index < -0.39 is 10.0 Å². The minimum absolute atomic E-state index is 0.0457. The Hall–Kier alpha value is -1.48. The average molecular weight is 384 g/mol. The summed E-state index contributed by atoms with van der Waals surface area (Å²) in [7, 11) is -2.19. The molecular weight excluding hydrogens is 354 g/mol. The molecule has 26 heavy (non-hydrogen) atoms. The first-order chi connectivity index (χ1) is 12.1. The van der Waals surface area contributed by atoms with Crippen LogP contribution >= 0.6 is 0 Å². The number of sulfonamides is 1.